The van der Waals surface area contributed by atoms with E-state index in [0.717, 1.165) is 23.1 Å². The van der Waals surface area contributed by atoms with Crippen LogP contribution in [0.25, 0.3) is 21.3 Å². The highest BCUT2D eigenvalue weighted by Crippen LogP contribution is 2.37. The summed E-state index contributed by atoms with van der Waals surface area (Å²) in [5.74, 6) is 2.77. The number of aryl methyl sites for hydroxylation is 1. The molecule has 2 heterocycles. The van der Waals surface area contributed by atoms with Crippen molar-refractivity contribution >= 4 is 28.1 Å². The third-order valence-electron chi connectivity index (χ3n) is 5.42. The molecule has 0 aliphatic heterocycles. The molecule has 4 rings (SSSR count). The fourth-order valence-electron chi connectivity index (χ4n) is 3.82. The minimum absolute atomic E-state index is 0.0704. The maximum atomic E-state index is 5.81. The summed E-state index contributed by atoms with van der Waals surface area (Å²) in [6, 6.07) is 16.7. The molecule has 4 aromatic rings. The lowest BCUT2D eigenvalue weighted by molar-refractivity contribution is 0.356. The SMILES string of the molecule is COc1cc2nc(C)nc(NC(C)c3ccc(-c4ccccc4CCN)s3)c2cc1OC. The minimum atomic E-state index is 0.0704. The Morgan fingerprint density at radius 3 is 2.53 bits per heavy atom. The van der Waals surface area contributed by atoms with E-state index in [1.165, 1.54) is 20.9 Å². The maximum Gasteiger partial charge on any atom is 0.162 e. The number of thiophene rings is 1. The van der Waals surface area contributed by atoms with Gasteiger partial charge in [-0.15, -0.1) is 11.3 Å². The van der Waals surface area contributed by atoms with E-state index in [9.17, 15) is 0 Å². The third-order valence-corrected chi connectivity index (χ3v) is 6.72. The number of hydrogen-bond acceptors (Lipinski definition) is 7. The quantitative estimate of drug-likeness (QED) is 0.378. The summed E-state index contributed by atoms with van der Waals surface area (Å²) >= 11 is 1.79. The van der Waals surface area contributed by atoms with Crippen molar-refractivity contribution in [3.05, 3.63) is 64.8 Å². The van der Waals surface area contributed by atoms with E-state index in [1.54, 1.807) is 25.6 Å². The van der Waals surface area contributed by atoms with Gasteiger partial charge in [-0.05, 0) is 56.1 Å². The number of anilines is 1. The zero-order chi connectivity index (χ0) is 22.7. The summed E-state index contributed by atoms with van der Waals surface area (Å²) in [6.07, 6.45) is 0.870. The first-order valence-electron chi connectivity index (χ1n) is 10.6. The Balaban J connectivity index is 1.66. The van der Waals surface area contributed by atoms with E-state index in [1.807, 2.05) is 19.1 Å². The lowest BCUT2D eigenvalue weighted by atomic mass is 10.0. The Morgan fingerprint density at radius 1 is 1.03 bits per heavy atom. The van der Waals surface area contributed by atoms with E-state index < -0.39 is 0 Å². The van der Waals surface area contributed by atoms with Gasteiger partial charge in [-0.2, -0.15) is 0 Å². The third kappa shape index (κ3) is 4.40. The van der Waals surface area contributed by atoms with Crippen LogP contribution in [-0.4, -0.2) is 30.7 Å². The molecule has 3 N–H and O–H groups in total. The molecule has 0 aliphatic carbocycles. The minimum Gasteiger partial charge on any atom is -0.493 e. The summed E-state index contributed by atoms with van der Waals surface area (Å²) < 4.78 is 10.9. The zero-order valence-electron chi connectivity index (χ0n) is 18.8. The molecule has 166 valence electrons. The van der Waals surface area contributed by atoms with Gasteiger partial charge in [0.05, 0.1) is 25.8 Å². The van der Waals surface area contributed by atoms with Crippen molar-refractivity contribution in [2.45, 2.75) is 26.3 Å². The first-order chi connectivity index (χ1) is 15.5. The molecule has 0 amide bonds. The molecular weight excluding hydrogens is 420 g/mol. The second-order valence-electron chi connectivity index (χ2n) is 7.61. The molecule has 32 heavy (non-hydrogen) atoms. The van der Waals surface area contributed by atoms with E-state index >= 15 is 0 Å². The second-order valence-corrected chi connectivity index (χ2v) is 8.72. The van der Waals surface area contributed by atoms with Gasteiger partial charge in [0.2, 0.25) is 0 Å². The lowest BCUT2D eigenvalue weighted by Crippen LogP contribution is -2.08. The molecule has 1 unspecified atom stereocenters. The van der Waals surface area contributed by atoms with E-state index in [4.69, 9.17) is 15.2 Å². The Morgan fingerprint density at radius 2 is 1.78 bits per heavy atom. The molecule has 0 radical (unpaired) electrons. The second kappa shape index (κ2) is 9.54. The molecule has 0 fully saturated rings. The number of methoxy groups -OCH3 is 2. The Hall–Kier alpha value is -3.16. The average molecular weight is 449 g/mol. The molecule has 7 heteroatoms. The fraction of sp³-hybridized carbons (Fsp3) is 0.280. The summed E-state index contributed by atoms with van der Waals surface area (Å²) in [5, 5.41) is 4.47. The Labute approximate surface area is 192 Å². The van der Waals surface area contributed by atoms with Crippen LogP contribution in [0.5, 0.6) is 11.5 Å². The molecule has 0 aliphatic rings. The maximum absolute atomic E-state index is 5.81. The zero-order valence-corrected chi connectivity index (χ0v) is 19.6. The lowest BCUT2D eigenvalue weighted by Gasteiger charge is -2.16. The summed E-state index contributed by atoms with van der Waals surface area (Å²) in [5.41, 5.74) is 9.15. The van der Waals surface area contributed by atoms with Crippen LogP contribution in [0.4, 0.5) is 5.82 Å². The molecule has 0 bridgehead atoms. The van der Waals surface area contributed by atoms with Crippen molar-refractivity contribution in [1.29, 1.82) is 0 Å². The van der Waals surface area contributed by atoms with Gasteiger partial charge < -0.3 is 20.5 Å². The van der Waals surface area contributed by atoms with Crippen LogP contribution < -0.4 is 20.5 Å². The summed E-state index contributed by atoms with van der Waals surface area (Å²) in [4.78, 5) is 11.7. The smallest absolute Gasteiger partial charge is 0.162 e. The Kier molecular flexibility index (Phi) is 6.58. The predicted molar refractivity (Wildman–Crippen MR) is 132 cm³/mol. The van der Waals surface area contributed by atoms with Crippen LogP contribution in [0.2, 0.25) is 0 Å². The molecule has 0 saturated carbocycles. The average Bonchev–Trinajstić information content (AvgIpc) is 3.29. The van der Waals surface area contributed by atoms with Gasteiger partial charge in [0.25, 0.3) is 0 Å². The van der Waals surface area contributed by atoms with Gasteiger partial charge in [-0.1, -0.05) is 24.3 Å². The monoisotopic (exact) mass is 448 g/mol. The summed E-state index contributed by atoms with van der Waals surface area (Å²) in [7, 11) is 3.25. The van der Waals surface area contributed by atoms with Gasteiger partial charge in [0.1, 0.15) is 11.6 Å². The van der Waals surface area contributed by atoms with Crippen LogP contribution in [0, 0.1) is 6.92 Å². The highest BCUT2D eigenvalue weighted by molar-refractivity contribution is 7.15. The number of benzene rings is 2. The van der Waals surface area contributed by atoms with Crippen LogP contribution >= 0.6 is 11.3 Å². The number of nitrogens with one attached hydrogen (secondary N) is 1. The van der Waals surface area contributed by atoms with E-state index in [2.05, 4.69) is 58.6 Å². The topological polar surface area (TPSA) is 82.3 Å². The van der Waals surface area contributed by atoms with Crippen LogP contribution in [0.15, 0.2) is 48.5 Å². The first kappa shape index (κ1) is 22.0. The van der Waals surface area contributed by atoms with Gasteiger partial charge >= 0.3 is 0 Å². The Bertz CT molecular complexity index is 1240. The molecule has 2 aromatic heterocycles. The van der Waals surface area contributed by atoms with Crippen molar-refractivity contribution < 1.29 is 9.47 Å². The van der Waals surface area contributed by atoms with E-state index in [-0.39, 0.29) is 6.04 Å². The van der Waals surface area contributed by atoms with Gasteiger partial charge in [0.15, 0.2) is 11.5 Å². The van der Waals surface area contributed by atoms with Crippen LogP contribution in [0.1, 0.15) is 29.2 Å². The van der Waals surface area contributed by atoms with Gasteiger partial charge in [-0.3, -0.25) is 0 Å². The van der Waals surface area contributed by atoms with Crippen molar-refractivity contribution in [3.8, 4) is 21.9 Å². The first-order valence-corrected chi connectivity index (χ1v) is 11.4. The standard InChI is InChI=1S/C25H28N4O2S/c1-15(23-9-10-24(32-23)18-8-6-5-7-17(18)11-12-26)27-25-19-13-21(30-3)22(31-4)14-20(19)28-16(2)29-25/h5-10,13-15H,11-12,26H2,1-4H3,(H,27,28,29). The molecule has 6 nitrogen and oxygen atoms in total. The number of rotatable bonds is 8. The van der Waals surface area contributed by atoms with Crippen LogP contribution in [-0.2, 0) is 6.42 Å². The van der Waals surface area contributed by atoms with Crippen LogP contribution in [0.3, 0.4) is 0 Å². The molecular formula is C25H28N4O2S. The van der Waals surface area contributed by atoms with Crippen molar-refractivity contribution in [1.82, 2.24) is 9.97 Å². The fourth-order valence-corrected chi connectivity index (χ4v) is 4.89. The van der Waals surface area contributed by atoms with Crippen molar-refractivity contribution in [3.63, 3.8) is 0 Å². The number of ether oxygens (including phenoxy) is 2. The number of nitrogens with two attached hydrogens (primary N) is 1. The number of aromatic nitrogens is 2. The van der Waals surface area contributed by atoms with Gasteiger partial charge in [-0.25, -0.2) is 9.97 Å². The van der Waals surface area contributed by atoms with E-state index in [0.29, 0.717) is 23.9 Å². The predicted octanol–water partition coefficient (Wildman–Crippen LogP) is 5.36. The van der Waals surface area contributed by atoms with Crippen molar-refractivity contribution in [2.24, 2.45) is 5.73 Å². The van der Waals surface area contributed by atoms with Gasteiger partial charge in [0, 0.05) is 21.2 Å². The number of hydrogen-bond donors (Lipinski definition) is 2. The highest BCUT2D eigenvalue weighted by atomic mass is 32.1. The number of fused-ring (bicyclic) bond motifs is 1. The number of nitrogens with zero attached hydrogens (tertiary/aromatic N) is 2. The van der Waals surface area contributed by atoms with Crippen molar-refractivity contribution in [2.75, 3.05) is 26.1 Å². The normalized spacial score (nSPS) is 12.0. The molecule has 1 atom stereocenters. The highest BCUT2D eigenvalue weighted by Gasteiger charge is 2.16. The molecule has 2 aromatic carbocycles. The molecule has 0 spiro atoms. The molecule has 0 saturated heterocycles. The summed E-state index contributed by atoms with van der Waals surface area (Å²) in [6.45, 7) is 4.68. The largest absolute Gasteiger partial charge is 0.493 e.